The minimum atomic E-state index is -0.906. The first-order valence-electron chi connectivity index (χ1n) is 4.37. The molecule has 1 atom stereocenters. The van der Waals surface area contributed by atoms with Crippen molar-refractivity contribution in [2.75, 3.05) is 0 Å². The van der Waals surface area contributed by atoms with Crippen molar-refractivity contribution >= 4 is 23.4 Å². The quantitative estimate of drug-likeness (QED) is 0.727. The first kappa shape index (κ1) is 10.6. The molecule has 0 aromatic heterocycles. The van der Waals surface area contributed by atoms with E-state index < -0.39 is 11.9 Å². The molecule has 1 amide bonds. The third-order valence-corrected chi connectivity index (χ3v) is 2.06. The van der Waals surface area contributed by atoms with Gasteiger partial charge in [-0.25, -0.2) is 4.99 Å². The van der Waals surface area contributed by atoms with Gasteiger partial charge in [-0.1, -0.05) is 0 Å². The van der Waals surface area contributed by atoms with Crippen LogP contribution in [-0.2, 0) is 9.59 Å². The Morgan fingerprint density at radius 3 is 2.57 bits per heavy atom. The average molecular weight is 196 g/mol. The van der Waals surface area contributed by atoms with E-state index in [1.165, 1.54) is 0 Å². The zero-order chi connectivity index (χ0) is 10.7. The van der Waals surface area contributed by atoms with Crippen molar-refractivity contribution in [1.29, 1.82) is 0 Å². The van der Waals surface area contributed by atoms with Crippen molar-refractivity contribution in [2.45, 2.75) is 26.7 Å². The van der Waals surface area contributed by atoms with E-state index in [-0.39, 0.29) is 18.7 Å². The molecule has 1 N–H and O–H groups in total. The molecule has 76 valence electrons. The minimum Gasteiger partial charge on any atom is -0.481 e. The Kier molecular flexibility index (Phi) is 3.11. The van der Waals surface area contributed by atoms with Crippen LogP contribution >= 0.6 is 0 Å². The van der Waals surface area contributed by atoms with Gasteiger partial charge in [0.25, 0.3) is 5.91 Å². The maximum absolute atomic E-state index is 11.4. The van der Waals surface area contributed by atoms with Crippen LogP contribution in [0.5, 0.6) is 0 Å². The van der Waals surface area contributed by atoms with Crippen LogP contribution < -0.4 is 0 Å². The van der Waals surface area contributed by atoms with E-state index in [2.05, 4.69) is 9.98 Å². The molecule has 1 heterocycles. The fraction of sp³-hybridized carbons (Fsp3) is 0.556. The molecule has 5 heteroatoms. The Balaban J connectivity index is 2.67. The highest BCUT2D eigenvalue weighted by atomic mass is 16.4. The predicted octanol–water partition coefficient (Wildman–Crippen LogP) is 0.887. The molecular weight excluding hydrogens is 184 g/mol. The van der Waals surface area contributed by atoms with Gasteiger partial charge in [0.15, 0.2) is 0 Å². The molecule has 14 heavy (non-hydrogen) atoms. The number of amides is 1. The van der Waals surface area contributed by atoms with E-state index >= 15 is 0 Å². The molecule has 0 spiro atoms. The van der Waals surface area contributed by atoms with Crippen LogP contribution in [0.1, 0.15) is 26.7 Å². The summed E-state index contributed by atoms with van der Waals surface area (Å²) in [6.45, 7) is 3.37. The molecule has 1 unspecified atom stereocenters. The van der Waals surface area contributed by atoms with Gasteiger partial charge in [-0.3, -0.25) is 9.59 Å². The van der Waals surface area contributed by atoms with E-state index in [0.717, 1.165) is 0 Å². The van der Waals surface area contributed by atoms with Gasteiger partial charge < -0.3 is 5.11 Å². The molecule has 0 fully saturated rings. The van der Waals surface area contributed by atoms with Gasteiger partial charge in [0.2, 0.25) is 0 Å². The number of carbonyl (C=O) groups excluding carboxylic acids is 1. The first-order valence-corrected chi connectivity index (χ1v) is 4.37. The van der Waals surface area contributed by atoms with E-state index in [4.69, 9.17) is 5.11 Å². The van der Waals surface area contributed by atoms with Gasteiger partial charge in [0.1, 0.15) is 5.84 Å². The van der Waals surface area contributed by atoms with Gasteiger partial charge in [0, 0.05) is 12.1 Å². The van der Waals surface area contributed by atoms with Gasteiger partial charge in [-0.05, 0) is 20.3 Å². The van der Waals surface area contributed by atoms with Gasteiger partial charge in [0.05, 0.1) is 5.92 Å². The van der Waals surface area contributed by atoms with Gasteiger partial charge >= 0.3 is 5.97 Å². The number of carbonyl (C=O) groups is 2. The number of aliphatic carboxylic acids is 1. The summed E-state index contributed by atoms with van der Waals surface area (Å²) >= 11 is 0. The summed E-state index contributed by atoms with van der Waals surface area (Å²) in [4.78, 5) is 29.4. The zero-order valence-electron chi connectivity index (χ0n) is 8.15. The third kappa shape index (κ3) is 2.48. The summed E-state index contributed by atoms with van der Waals surface area (Å²) < 4.78 is 0. The lowest BCUT2D eigenvalue weighted by Gasteiger charge is -2.15. The topological polar surface area (TPSA) is 79.1 Å². The van der Waals surface area contributed by atoms with E-state index in [1.54, 1.807) is 13.8 Å². The molecule has 0 aromatic rings. The molecule has 0 bridgehead atoms. The van der Waals surface area contributed by atoms with Crippen molar-refractivity contribution in [3.8, 4) is 0 Å². The summed E-state index contributed by atoms with van der Waals surface area (Å²) in [5.74, 6) is -1.19. The van der Waals surface area contributed by atoms with Crippen molar-refractivity contribution in [3.63, 3.8) is 0 Å². The highest BCUT2D eigenvalue weighted by molar-refractivity contribution is 6.14. The Hall–Kier alpha value is -1.52. The Morgan fingerprint density at radius 2 is 2.07 bits per heavy atom. The molecule has 0 aliphatic carbocycles. The van der Waals surface area contributed by atoms with Crippen LogP contribution in [0.25, 0.3) is 0 Å². The molecule has 0 aromatic carbocycles. The highest BCUT2D eigenvalue weighted by Crippen LogP contribution is 2.15. The number of carboxylic acid groups (broad SMARTS) is 1. The van der Waals surface area contributed by atoms with Crippen molar-refractivity contribution < 1.29 is 14.7 Å². The largest absolute Gasteiger partial charge is 0.481 e. The van der Waals surface area contributed by atoms with Crippen molar-refractivity contribution in [1.82, 2.24) is 0 Å². The van der Waals surface area contributed by atoms with Crippen LogP contribution in [0.4, 0.5) is 0 Å². The monoisotopic (exact) mass is 196 g/mol. The van der Waals surface area contributed by atoms with E-state index in [0.29, 0.717) is 11.5 Å². The molecule has 0 radical (unpaired) electrons. The number of hydrogen-bond acceptors (Lipinski definition) is 3. The SMILES string of the molecule is CC1=NC(=O)C(CCC(=O)O)C(C)=N1. The van der Waals surface area contributed by atoms with E-state index in [9.17, 15) is 9.59 Å². The fourth-order valence-corrected chi connectivity index (χ4v) is 1.37. The fourth-order valence-electron chi connectivity index (χ4n) is 1.37. The van der Waals surface area contributed by atoms with Gasteiger partial charge in [-0.2, -0.15) is 4.99 Å². The lowest BCUT2D eigenvalue weighted by atomic mass is 9.96. The van der Waals surface area contributed by atoms with Crippen LogP contribution in [0.3, 0.4) is 0 Å². The highest BCUT2D eigenvalue weighted by Gasteiger charge is 2.25. The maximum Gasteiger partial charge on any atom is 0.303 e. The van der Waals surface area contributed by atoms with Crippen LogP contribution in [-0.4, -0.2) is 28.5 Å². The van der Waals surface area contributed by atoms with Crippen LogP contribution in [0.2, 0.25) is 0 Å². The Bertz CT molecular complexity index is 331. The Morgan fingerprint density at radius 1 is 1.43 bits per heavy atom. The number of amidine groups is 1. The first-order chi connectivity index (χ1) is 6.50. The van der Waals surface area contributed by atoms with Crippen molar-refractivity contribution in [2.24, 2.45) is 15.9 Å². The second-order valence-electron chi connectivity index (χ2n) is 3.24. The number of carboxylic acids is 1. The second kappa shape index (κ2) is 4.13. The summed E-state index contributed by atoms with van der Waals surface area (Å²) in [7, 11) is 0. The molecule has 1 aliphatic rings. The van der Waals surface area contributed by atoms with Crippen LogP contribution in [0.15, 0.2) is 9.98 Å². The summed E-state index contributed by atoms with van der Waals surface area (Å²) in [5, 5.41) is 8.48. The summed E-state index contributed by atoms with van der Waals surface area (Å²) in [5.41, 5.74) is 0.656. The van der Waals surface area contributed by atoms with Crippen molar-refractivity contribution in [3.05, 3.63) is 0 Å². The Labute approximate surface area is 81.6 Å². The number of aliphatic imine (C=N–C) groups is 2. The second-order valence-corrected chi connectivity index (χ2v) is 3.24. The molecular formula is C9H12N2O3. The summed E-state index contributed by atoms with van der Waals surface area (Å²) in [6, 6.07) is 0. The molecule has 5 nitrogen and oxygen atoms in total. The third-order valence-electron chi connectivity index (χ3n) is 2.06. The van der Waals surface area contributed by atoms with Crippen LogP contribution in [0, 0.1) is 5.92 Å². The normalized spacial score (nSPS) is 21.6. The lowest BCUT2D eigenvalue weighted by molar-refractivity contribution is -0.137. The summed E-state index contributed by atoms with van der Waals surface area (Å²) in [6.07, 6.45) is 0.248. The predicted molar refractivity (Wildman–Crippen MR) is 51.6 cm³/mol. The minimum absolute atomic E-state index is 0.0299. The molecule has 1 aliphatic heterocycles. The molecule has 0 saturated carbocycles. The average Bonchev–Trinajstić information content (AvgIpc) is 2.01. The molecule has 1 rings (SSSR count). The zero-order valence-corrected chi connectivity index (χ0v) is 8.15. The number of rotatable bonds is 3. The lowest BCUT2D eigenvalue weighted by Crippen LogP contribution is -2.26. The standard InChI is InChI=1S/C9H12N2O3/c1-5-7(3-4-8(12)13)9(14)11-6(2)10-5/h7H,3-4H2,1-2H3,(H,12,13). The number of hydrogen-bond donors (Lipinski definition) is 1. The number of nitrogens with zero attached hydrogens (tertiary/aromatic N) is 2. The molecule has 0 saturated heterocycles. The maximum atomic E-state index is 11.4. The van der Waals surface area contributed by atoms with Gasteiger partial charge in [-0.15, -0.1) is 0 Å². The van der Waals surface area contributed by atoms with E-state index in [1.807, 2.05) is 0 Å². The smallest absolute Gasteiger partial charge is 0.303 e.